The van der Waals surface area contributed by atoms with Crippen LogP contribution in [0.25, 0.3) is 11.2 Å². The van der Waals surface area contributed by atoms with Crippen LogP contribution in [0.4, 0.5) is 23.4 Å². The van der Waals surface area contributed by atoms with Gasteiger partial charge in [0.1, 0.15) is 11.6 Å². The van der Waals surface area contributed by atoms with Gasteiger partial charge in [0.05, 0.1) is 6.42 Å². The third kappa shape index (κ3) is 3.12. The highest BCUT2D eigenvalue weighted by molar-refractivity contribution is 5.86. The number of alkyl halides is 3. The fourth-order valence-corrected chi connectivity index (χ4v) is 2.89. The van der Waals surface area contributed by atoms with Crippen LogP contribution in [0.1, 0.15) is 23.4 Å². The summed E-state index contributed by atoms with van der Waals surface area (Å²) < 4.78 is 52.9. The molecule has 0 aromatic carbocycles. The van der Waals surface area contributed by atoms with E-state index in [2.05, 4.69) is 20.3 Å². The van der Waals surface area contributed by atoms with E-state index >= 15 is 0 Å². The van der Waals surface area contributed by atoms with Gasteiger partial charge in [-0.25, -0.2) is 19.3 Å². The minimum atomic E-state index is -4.25. The molecule has 0 saturated carbocycles. The zero-order valence-corrected chi connectivity index (χ0v) is 13.4. The molecule has 0 fully saturated rings. The Labute approximate surface area is 145 Å². The van der Waals surface area contributed by atoms with Crippen molar-refractivity contribution in [1.82, 2.24) is 19.4 Å². The van der Waals surface area contributed by atoms with Crippen molar-refractivity contribution in [1.29, 1.82) is 0 Å². The number of aromatic nitrogens is 4. The molecule has 9 heteroatoms. The summed E-state index contributed by atoms with van der Waals surface area (Å²) in [5, 5.41) is 3.03. The van der Waals surface area contributed by atoms with Crippen LogP contribution < -0.4 is 5.32 Å². The summed E-state index contributed by atoms with van der Waals surface area (Å²) >= 11 is 0. The normalized spacial score (nSPS) is 14.1. The Bertz CT molecular complexity index is 1010. The van der Waals surface area contributed by atoms with Crippen molar-refractivity contribution in [3.05, 3.63) is 59.7 Å². The van der Waals surface area contributed by atoms with E-state index < -0.39 is 18.4 Å². The standard InChI is InChI=1S/C17H13F4N5/c18-13-7-10(9-26-6-5-23-16(13)26)11-2-4-22-15-12(11)8-24-14(25-15)1-3-17(19,20)21/h2,5-9H,1,3-4H2,(H,22,24,25). The van der Waals surface area contributed by atoms with Gasteiger partial charge in [-0.15, -0.1) is 0 Å². The number of imidazole rings is 1. The predicted molar refractivity (Wildman–Crippen MR) is 87.1 cm³/mol. The monoisotopic (exact) mass is 363 g/mol. The summed E-state index contributed by atoms with van der Waals surface area (Å²) in [5.41, 5.74) is 2.17. The summed E-state index contributed by atoms with van der Waals surface area (Å²) in [7, 11) is 0. The number of hydrogen-bond acceptors (Lipinski definition) is 4. The molecule has 0 bridgehead atoms. The summed E-state index contributed by atoms with van der Waals surface area (Å²) in [6, 6.07) is 1.38. The van der Waals surface area contributed by atoms with Crippen LogP contribution in [0.15, 0.2) is 36.9 Å². The van der Waals surface area contributed by atoms with Gasteiger partial charge in [-0.3, -0.25) is 0 Å². The number of hydrogen-bond donors (Lipinski definition) is 1. The predicted octanol–water partition coefficient (Wildman–Crippen LogP) is 3.62. The Morgan fingerprint density at radius 1 is 1.23 bits per heavy atom. The molecule has 134 valence electrons. The van der Waals surface area contributed by atoms with Crippen LogP contribution in [0.5, 0.6) is 0 Å². The molecule has 3 aromatic heterocycles. The first-order valence-corrected chi connectivity index (χ1v) is 7.90. The van der Waals surface area contributed by atoms with Crippen molar-refractivity contribution in [2.24, 2.45) is 0 Å². The van der Waals surface area contributed by atoms with Crippen molar-refractivity contribution in [2.75, 3.05) is 11.9 Å². The molecule has 5 nitrogen and oxygen atoms in total. The lowest BCUT2D eigenvalue weighted by Crippen LogP contribution is -2.15. The van der Waals surface area contributed by atoms with Crippen molar-refractivity contribution < 1.29 is 17.6 Å². The lowest BCUT2D eigenvalue weighted by atomic mass is 9.98. The average molecular weight is 363 g/mol. The van der Waals surface area contributed by atoms with E-state index in [1.165, 1.54) is 18.5 Å². The van der Waals surface area contributed by atoms with Gasteiger partial charge in [-0.2, -0.15) is 13.2 Å². The van der Waals surface area contributed by atoms with E-state index in [0.717, 1.165) is 5.57 Å². The van der Waals surface area contributed by atoms with Crippen LogP contribution in [-0.2, 0) is 6.42 Å². The van der Waals surface area contributed by atoms with Crippen LogP contribution in [-0.4, -0.2) is 32.1 Å². The fourth-order valence-electron chi connectivity index (χ4n) is 2.89. The van der Waals surface area contributed by atoms with Crippen LogP contribution in [0.2, 0.25) is 0 Å². The highest BCUT2D eigenvalue weighted by Crippen LogP contribution is 2.32. The third-order valence-corrected chi connectivity index (χ3v) is 4.09. The summed E-state index contributed by atoms with van der Waals surface area (Å²) in [4.78, 5) is 12.2. The second-order valence-corrected chi connectivity index (χ2v) is 5.90. The number of pyridine rings is 1. The van der Waals surface area contributed by atoms with Crippen molar-refractivity contribution in [3.63, 3.8) is 0 Å². The Morgan fingerprint density at radius 2 is 2.08 bits per heavy atom. The van der Waals surface area contributed by atoms with Gasteiger partial charge in [0, 0.05) is 48.9 Å². The molecule has 0 saturated heterocycles. The second-order valence-electron chi connectivity index (χ2n) is 5.90. The van der Waals surface area contributed by atoms with Crippen molar-refractivity contribution in [3.8, 4) is 0 Å². The number of anilines is 1. The summed E-state index contributed by atoms with van der Waals surface area (Å²) in [5.74, 6) is 0.100. The van der Waals surface area contributed by atoms with E-state index in [1.54, 1.807) is 16.8 Å². The molecule has 1 aliphatic rings. The molecular formula is C17H13F4N5. The molecule has 1 aliphatic heterocycles. The van der Waals surface area contributed by atoms with Gasteiger partial charge in [-0.1, -0.05) is 6.08 Å². The third-order valence-electron chi connectivity index (χ3n) is 4.09. The van der Waals surface area contributed by atoms with Crippen molar-refractivity contribution in [2.45, 2.75) is 19.0 Å². The first kappa shape index (κ1) is 16.5. The molecule has 0 spiro atoms. The van der Waals surface area contributed by atoms with Crippen LogP contribution in [0.3, 0.4) is 0 Å². The zero-order chi connectivity index (χ0) is 18.3. The highest BCUT2D eigenvalue weighted by Gasteiger charge is 2.27. The first-order chi connectivity index (χ1) is 12.4. The largest absolute Gasteiger partial charge is 0.389 e. The quantitative estimate of drug-likeness (QED) is 0.723. The molecule has 26 heavy (non-hydrogen) atoms. The topological polar surface area (TPSA) is 55.1 Å². The molecular weight excluding hydrogens is 350 g/mol. The maximum Gasteiger partial charge on any atom is 0.389 e. The number of fused-ring (bicyclic) bond motifs is 2. The summed E-state index contributed by atoms with van der Waals surface area (Å²) in [6.07, 6.45) is 2.70. The Morgan fingerprint density at radius 3 is 2.88 bits per heavy atom. The minimum Gasteiger partial charge on any atom is -0.366 e. The van der Waals surface area contributed by atoms with E-state index in [0.29, 0.717) is 23.5 Å². The smallest absolute Gasteiger partial charge is 0.366 e. The SMILES string of the molecule is Fc1cc(C2=CCNc3nc(CCC(F)(F)F)ncc32)cn2ccnc12. The van der Waals surface area contributed by atoms with E-state index in [4.69, 9.17) is 0 Å². The van der Waals surface area contributed by atoms with Gasteiger partial charge in [0.2, 0.25) is 0 Å². The maximum atomic E-state index is 14.2. The number of halogens is 4. The van der Waals surface area contributed by atoms with E-state index in [9.17, 15) is 17.6 Å². The van der Waals surface area contributed by atoms with Crippen LogP contribution in [0, 0.1) is 5.82 Å². The number of aryl methyl sites for hydroxylation is 1. The number of rotatable bonds is 3. The molecule has 4 rings (SSSR count). The summed E-state index contributed by atoms with van der Waals surface area (Å²) in [6.45, 7) is 0.432. The van der Waals surface area contributed by atoms with Crippen LogP contribution >= 0.6 is 0 Å². The zero-order valence-electron chi connectivity index (χ0n) is 13.4. The van der Waals surface area contributed by atoms with Gasteiger partial charge in [-0.05, 0) is 11.6 Å². The van der Waals surface area contributed by atoms with Gasteiger partial charge in [0.25, 0.3) is 0 Å². The number of nitrogens with one attached hydrogen (secondary N) is 1. The second kappa shape index (κ2) is 6.08. The molecule has 0 amide bonds. The van der Waals surface area contributed by atoms with Gasteiger partial charge >= 0.3 is 6.18 Å². The number of nitrogens with zero attached hydrogens (tertiary/aromatic N) is 4. The Kier molecular flexibility index (Phi) is 3.86. The minimum absolute atomic E-state index is 0.117. The van der Waals surface area contributed by atoms with Crippen molar-refractivity contribution >= 4 is 17.0 Å². The first-order valence-electron chi connectivity index (χ1n) is 7.90. The molecule has 0 unspecified atom stereocenters. The molecule has 4 heterocycles. The molecule has 1 N–H and O–H groups in total. The Balaban J connectivity index is 1.68. The van der Waals surface area contributed by atoms with E-state index in [-0.39, 0.29) is 17.9 Å². The maximum absolute atomic E-state index is 14.2. The molecule has 0 aliphatic carbocycles. The lowest BCUT2D eigenvalue weighted by molar-refractivity contribution is -0.134. The Hall–Kier alpha value is -2.97. The highest BCUT2D eigenvalue weighted by atomic mass is 19.4. The van der Waals surface area contributed by atoms with E-state index in [1.807, 2.05) is 6.08 Å². The molecule has 0 radical (unpaired) electrons. The fraction of sp³-hybridized carbons (Fsp3) is 0.235. The average Bonchev–Trinajstić information content (AvgIpc) is 3.08. The lowest BCUT2D eigenvalue weighted by Gasteiger charge is -2.19. The van der Waals surface area contributed by atoms with Gasteiger partial charge < -0.3 is 9.72 Å². The molecule has 0 atom stereocenters. The molecule has 3 aromatic rings. The van der Waals surface area contributed by atoms with Gasteiger partial charge in [0.15, 0.2) is 11.5 Å².